The van der Waals surface area contributed by atoms with Crippen molar-refractivity contribution in [3.8, 4) is 0 Å². The number of nitrogens with one attached hydrogen (secondary N) is 1. The number of ketones is 1. The molecule has 3 heteroatoms. The van der Waals surface area contributed by atoms with E-state index in [-0.39, 0.29) is 6.04 Å². The van der Waals surface area contributed by atoms with E-state index < -0.39 is 0 Å². The standard InChI is InChI=1S/C9H18N2O/c1-10-6-7-11(2)8-4-3-5-9(8)12/h8,10H,3-7H2,1-2H3. The summed E-state index contributed by atoms with van der Waals surface area (Å²) in [6.07, 6.45) is 2.92. The Morgan fingerprint density at radius 2 is 2.42 bits per heavy atom. The van der Waals surface area contributed by atoms with E-state index in [4.69, 9.17) is 0 Å². The summed E-state index contributed by atoms with van der Waals surface area (Å²) < 4.78 is 0. The number of likely N-dealkylation sites (N-methyl/N-ethyl adjacent to an activating group) is 2. The van der Waals surface area contributed by atoms with Crippen LogP contribution in [0.3, 0.4) is 0 Å². The molecule has 0 saturated heterocycles. The zero-order chi connectivity index (χ0) is 8.97. The zero-order valence-corrected chi connectivity index (χ0v) is 7.97. The molecule has 1 atom stereocenters. The van der Waals surface area contributed by atoms with Crippen molar-refractivity contribution in [3.05, 3.63) is 0 Å². The highest BCUT2D eigenvalue weighted by Gasteiger charge is 2.27. The summed E-state index contributed by atoms with van der Waals surface area (Å²) >= 11 is 0. The summed E-state index contributed by atoms with van der Waals surface area (Å²) in [4.78, 5) is 13.5. The van der Waals surface area contributed by atoms with Gasteiger partial charge >= 0.3 is 0 Å². The Morgan fingerprint density at radius 3 is 2.92 bits per heavy atom. The third-order valence-electron chi connectivity index (χ3n) is 2.52. The molecule has 0 aromatic rings. The van der Waals surface area contributed by atoms with E-state index in [2.05, 4.69) is 10.2 Å². The largest absolute Gasteiger partial charge is 0.318 e. The number of carbonyl (C=O) groups is 1. The summed E-state index contributed by atoms with van der Waals surface area (Å²) in [5.41, 5.74) is 0. The maximum atomic E-state index is 11.3. The van der Waals surface area contributed by atoms with E-state index >= 15 is 0 Å². The summed E-state index contributed by atoms with van der Waals surface area (Å²) in [6.45, 7) is 1.92. The van der Waals surface area contributed by atoms with Crippen LogP contribution in [0, 0.1) is 0 Å². The van der Waals surface area contributed by atoms with Gasteiger partial charge in [-0.25, -0.2) is 0 Å². The van der Waals surface area contributed by atoms with Gasteiger partial charge in [-0.3, -0.25) is 9.69 Å². The van der Waals surface area contributed by atoms with Gasteiger partial charge in [0.05, 0.1) is 6.04 Å². The van der Waals surface area contributed by atoms with E-state index in [9.17, 15) is 4.79 Å². The molecule has 1 saturated carbocycles. The van der Waals surface area contributed by atoms with Crippen LogP contribution in [0.5, 0.6) is 0 Å². The Balaban J connectivity index is 2.30. The molecule has 0 spiro atoms. The zero-order valence-electron chi connectivity index (χ0n) is 7.97. The number of hydrogen-bond donors (Lipinski definition) is 1. The Hall–Kier alpha value is -0.410. The molecule has 3 nitrogen and oxygen atoms in total. The predicted octanol–water partition coefficient (Wildman–Crippen LogP) is 0.259. The monoisotopic (exact) mass is 170 g/mol. The summed E-state index contributed by atoms with van der Waals surface area (Å²) in [5, 5.41) is 3.08. The molecule has 1 fully saturated rings. The summed E-state index contributed by atoms with van der Waals surface area (Å²) in [7, 11) is 3.97. The molecular formula is C9H18N2O. The smallest absolute Gasteiger partial charge is 0.149 e. The highest BCUT2D eigenvalue weighted by Crippen LogP contribution is 2.18. The summed E-state index contributed by atoms with van der Waals surface area (Å²) in [5.74, 6) is 0.425. The van der Waals surface area contributed by atoms with Gasteiger partial charge in [-0.1, -0.05) is 0 Å². The maximum Gasteiger partial charge on any atom is 0.149 e. The minimum Gasteiger partial charge on any atom is -0.318 e. The first-order chi connectivity index (χ1) is 5.75. The quantitative estimate of drug-likeness (QED) is 0.657. The van der Waals surface area contributed by atoms with E-state index in [1.165, 1.54) is 0 Å². The van der Waals surface area contributed by atoms with E-state index in [1.807, 2.05) is 14.1 Å². The van der Waals surface area contributed by atoms with Crippen molar-refractivity contribution in [2.24, 2.45) is 0 Å². The SMILES string of the molecule is CNCCN(C)C1CCCC1=O. The highest BCUT2D eigenvalue weighted by atomic mass is 16.1. The van der Waals surface area contributed by atoms with Crippen molar-refractivity contribution in [1.29, 1.82) is 0 Å². The van der Waals surface area contributed by atoms with Crippen molar-refractivity contribution in [2.45, 2.75) is 25.3 Å². The first-order valence-corrected chi connectivity index (χ1v) is 4.63. The number of hydrogen-bond acceptors (Lipinski definition) is 3. The maximum absolute atomic E-state index is 11.3. The van der Waals surface area contributed by atoms with Crippen LogP contribution in [-0.4, -0.2) is 43.9 Å². The van der Waals surface area contributed by atoms with E-state index in [1.54, 1.807) is 0 Å². The molecule has 0 amide bonds. The van der Waals surface area contributed by atoms with Gasteiger partial charge in [0.15, 0.2) is 0 Å². The van der Waals surface area contributed by atoms with Gasteiger partial charge in [-0.15, -0.1) is 0 Å². The van der Waals surface area contributed by atoms with Gasteiger partial charge in [0, 0.05) is 19.5 Å². The van der Waals surface area contributed by atoms with Crippen LogP contribution in [0.1, 0.15) is 19.3 Å². The lowest BCUT2D eigenvalue weighted by Crippen LogP contribution is -2.38. The van der Waals surface area contributed by atoms with E-state index in [0.717, 1.165) is 32.4 Å². The van der Waals surface area contributed by atoms with Gasteiger partial charge in [-0.05, 0) is 26.9 Å². The minimum absolute atomic E-state index is 0.207. The fourth-order valence-corrected chi connectivity index (χ4v) is 1.71. The lowest BCUT2D eigenvalue weighted by Gasteiger charge is -2.22. The molecule has 0 heterocycles. The number of Topliss-reactive ketones (excluding diaryl/α,β-unsaturated/α-hetero) is 1. The second-order valence-electron chi connectivity index (χ2n) is 3.46. The minimum atomic E-state index is 0.207. The normalized spacial score (nSPS) is 23.9. The lowest BCUT2D eigenvalue weighted by molar-refractivity contribution is -0.121. The lowest BCUT2D eigenvalue weighted by atomic mass is 10.2. The van der Waals surface area contributed by atoms with Crippen molar-refractivity contribution in [1.82, 2.24) is 10.2 Å². The molecule has 0 aliphatic heterocycles. The fraction of sp³-hybridized carbons (Fsp3) is 0.889. The first-order valence-electron chi connectivity index (χ1n) is 4.63. The molecular weight excluding hydrogens is 152 g/mol. The van der Waals surface area contributed by atoms with Crippen molar-refractivity contribution < 1.29 is 4.79 Å². The Kier molecular flexibility index (Phi) is 3.69. The average molecular weight is 170 g/mol. The Morgan fingerprint density at radius 1 is 1.67 bits per heavy atom. The number of rotatable bonds is 4. The highest BCUT2D eigenvalue weighted by molar-refractivity contribution is 5.85. The predicted molar refractivity (Wildman–Crippen MR) is 49.2 cm³/mol. The average Bonchev–Trinajstić information content (AvgIpc) is 2.47. The van der Waals surface area contributed by atoms with Gasteiger partial charge < -0.3 is 5.32 Å². The molecule has 0 bridgehead atoms. The van der Waals surface area contributed by atoms with Gasteiger partial charge in [0.1, 0.15) is 5.78 Å². The van der Waals surface area contributed by atoms with Gasteiger partial charge in [0.25, 0.3) is 0 Å². The van der Waals surface area contributed by atoms with Crippen LogP contribution in [-0.2, 0) is 4.79 Å². The molecule has 1 unspecified atom stereocenters. The second-order valence-corrected chi connectivity index (χ2v) is 3.46. The van der Waals surface area contributed by atoms with Crippen LogP contribution in [0.4, 0.5) is 0 Å². The topological polar surface area (TPSA) is 32.3 Å². The third kappa shape index (κ3) is 2.29. The molecule has 1 N–H and O–H groups in total. The molecule has 12 heavy (non-hydrogen) atoms. The van der Waals surface area contributed by atoms with Crippen molar-refractivity contribution in [2.75, 3.05) is 27.2 Å². The fourth-order valence-electron chi connectivity index (χ4n) is 1.71. The van der Waals surface area contributed by atoms with E-state index in [0.29, 0.717) is 5.78 Å². The van der Waals surface area contributed by atoms with Gasteiger partial charge in [-0.2, -0.15) is 0 Å². The van der Waals surface area contributed by atoms with Gasteiger partial charge in [0.2, 0.25) is 0 Å². The third-order valence-corrected chi connectivity index (χ3v) is 2.52. The first kappa shape index (κ1) is 9.68. The molecule has 1 aliphatic rings. The Labute approximate surface area is 74.1 Å². The molecule has 70 valence electrons. The van der Waals surface area contributed by atoms with Crippen LogP contribution in [0.15, 0.2) is 0 Å². The number of carbonyl (C=O) groups excluding carboxylic acids is 1. The summed E-state index contributed by atoms with van der Waals surface area (Å²) in [6, 6.07) is 0.207. The molecule has 0 aromatic carbocycles. The van der Waals surface area contributed by atoms with Crippen LogP contribution >= 0.6 is 0 Å². The molecule has 1 aliphatic carbocycles. The van der Waals surface area contributed by atoms with Crippen LogP contribution in [0.25, 0.3) is 0 Å². The Bertz CT molecular complexity index is 159. The van der Waals surface area contributed by atoms with Crippen LogP contribution in [0.2, 0.25) is 0 Å². The van der Waals surface area contributed by atoms with Crippen molar-refractivity contribution >= 4 is 5.78 Å². The van der Waals surface area contributed by atoms with Crippen LogP contribution < -0.4 is 5.32 Å². The second kappa shape index (κ2) is 4.58. The number of nitrogens with zero attached hydrogens (tertiary/aromatic N) is 1. The molecule has 0 radical (unpaired) electrons. The van der Waals surface area contributed by atoms with Crippen molar-refractivity contribution in [3.63, 3.8) is 0 Å². The molecule has 1 rings (SSSR count). The molecule has 0 aromatic heterocycles.